The van der Waals surface area contributed by atoms with E-state index >= 15 is 0 Å². The van der Waals surface area contributed by atoms with Gasteiger partial charge in [0.15, 0.2) is 0 Å². The van der Waals surface area contributed by atoms with Crippen LogP contribution in [0.2, 0.25) is 0 Å². The minimum atomic E-state index is -0.688. The van der Waals surface area contributed by atoms with Crippen LogP contribution in [-0.4, -0.2) is 59.1 Å². The number of hydrogen-bond acceptors (Lipinski definition) is 3. The number of nitrogens with zero attached hydrogens (tertiary/aromatic N) is 2. The van der Waals surface area contributed by atoms with E-state index in [4.69, 9.17) is 5.11 Å². The smallest absolute Gasteiger partial charge is 0.320 e. The lowest BCUT2D eigenvalue weighted by molar-refractivity contribution is -0.143. The zero-order valence-electron chi connectivity index (χ0n) is 11.5. The fraction of sp³-hybridized carbons (Fsp3) is 0.929. The molecule has 0 aromatic rings. The van der Waals surface area contributed by atoms with Gasteiger partial charge < -0.3 is 5.11 Å². The quantitative estimate of drug-likeness (QED) is 0.834. The summed E-state index contributed by atoms with van der Waals surface area (Å²) in [6.45, 7) is 6.11. The molecule has 0 radical (unpaired) electrons. The van der Waals surface area contributed by atoms with Crippen molar-refractivity contribution in [3.05, 3.63) is 0 Å². The Morgan fingerprint density at radius 1 is 1.11 bits per heavy atom. The first-order valence-corrected chi connectivity index (χ1v) is 7.39. The van der Waals surface area contributed by atoms with Gasteiger partial charge in [-0.1, -0.05) is 12.8 Å². The fourth-order valence-electron chi connectivity index (χ4n) is 3.25. The third-order valence-corrected chi connectivity index (χ3v) is 4.49. The van der Waals surface area contributed by atoms with E-state index in [1.165, 1.54) is 45.2 Å². The fourth-order valence-corrected chi connectivity index (χ4v) is 3.25. The van der Waals surface area contributed by atoms with Gasteiger partial charge in [0.2, 0.25) is 0 Å². The number of piperidine rings is 1. The van der Waals surface area contributed by atoms with Crippen LogP contribution in [0.25, 0.3) is 0 Å². The van der Waals surface area contributed by atoms with Crippen molar-refractivity contribution < 1.29 is 9.90 Å². The predicted molar refractivity (Wildman–Crippen MR) is 71.7 cm³/mol. The Hall–Kier alpha value is -0.610. The maximum Gasteiger partial charge on any atom is 0.320 e. The zero-order valence-corrected chi connectivity index (χ0v) is 11.5. The molecular formula is C14H26N2O2. The number of aliphatic carboxylic acids is 1. The van der Waals surface area contributed by atoms with Crippen LogP contribution >= 0.6 is 0 Å². The molecule has 4 heteroatoms. The molecule has 0 aliphatic carbocycles. The Bertz CT molecular complexity index is 275. The molecule has 2 atom stereocenters. The van der Waals surface area contributed by atoms with Gasteiger partial charge in [0.05, 0.1) is 0 Å². The Morgan fingerprint density at radius 3 is 2.39 bits per heavy atom. The molecule has 0 unspecified atom stereocenters. The first kappa shape index (κ1) is 13.8. The average molecular weight is 254 g/mol. The van der Waals surface area contributed by atoms with Gasteiger partial charge in [0.1, 0.15) is 6.04 Å². The van der Waals surface area contributed by atoms with Gasteiger partial charge in [0.25, 0.3) is 0 Å². The van der Waals surface area contributed by atoms with Gasteiger partial charge in [-0.15, -0.1) is 0 Å². The van der Waals surface area contributed by atoms with E-state index in [1.54, 1.807) is 0 Å². The molecule has 2 heterocycles. The molecule has 2 rings (SSSR count). The highest BCUT2D eigenvalue weighted by Gasteiger charge is 2.30. The molecule has 4 nitrogen and oxygen atoms in total. The minimum absolute atomic E-state index is 0.334. The Morgan fingerprint density at radius 2 is 1.78 bits per heavy atom. The van der Waals surface area contributed by atoms with Crippen LogP contribution < -0.4 is 0 Å². The van der Waals surface area contributed by atoms with Gasteiger partial charge >= 0.3 is 5.97 Å². The molecule has 2 aliphatic heterocycles. The Labute approximate surface area is 110 Å². The van der Waals surface area contributed by atoms with Crippen LogP contribution in [0.1, 0.15) is 45.4 Å². The largest absolute Gasteiger partial charge is 0.480 e. The van der Waals surface area contributed by atoms with Crippen LogP contribution in [0.15, 0.2) is 0 Å². The molecule has 0 spiro atoms. The topological polar surface area (TPSA) is 43.8 Å². The standard InChI is InChI=1S/C14H26N2O2/c1-12(14(17)18)16-10-6-7-13(11-16)15-8-4-2-3-5-9-15/h12-13H,2-11H2,1H3,(H,17,18)/t12-,13+/m1/s1. The van der Waals surface area contributed by atoms with Gasteiger partial charge in [-0.3, -0.25) is 14.6 Å². The second kappa shape index (κ2) is 6.53. The van der Waals surface area contributed by atoms with E-state index < -0.39 is 5.97 Å². The molecule has 18 heavy (non-hydrogen) atoms. The summed E-state index contributed by atoms with van der Waals surface area (Å²) in [6.07, 6.45) is 7.72. The molecule has 1 N–H and O–H groups in total. The van der Waals surface area contributed by atoms with E-state index in [1.807, 2.05) is 6.92 Å². The second-order valence-corrected chi connectivity index (χ2v) is 5.76. The van der Waals surface area contributed by atoms with Crippen LogP contribution in [-0.2, 0) is 4.79 Å². The first-order valence-electron chi connectivity index (χ1n) is 7.39. The molecular weight excluding hydrogens is 228 g/mol. The summed E-state index contributed by atoms with van der Waals surface area (Å²) in [7, 11) is 0. The number of carboxylic acid groups (broad SMARTS) is 1. The van der Waals surface area contributed by atoms with Crippen LogP contribution in [0.4, 0.5) is 0 Å². The van der Waals surface area contributed by atoms with Crippen molar-refractivity contribution >= 4 is 5.97 Å². The highest BCUT2D eigenvalue weighted by Crippen LogP contribution is 2.21. The summed E-state index contributed by atoms with van der Waals surface area (Å²) >= 11 is 0. The number of likely N-dealkylation sites (tertiary alicyclic amines) is 2. The molecule has 2 saturated heterocycles. The van der Waals surface area contributed by atoms with E-state index in [0.29, 0.717) is 6.04 Å². The minimum Gasteiger partial charge on any atom is -0.480 e. The zero-order chi connectivity index (χ0) is 13.0. The molecule has 0 aromatic carbocycles. The number of hydrogen-bond donors (Lipinski definition) is 1. The number of carbonyl (C=O) groups is 1. The molecule has 2 aliphatic rings. The van der Waals surface area contributed by atoms with E-state index in [9.17, 15) is 4.79 Å². The molecule has 0 bridgehead atoms. The van der Waals surface area contributed by atoms with Crippen molar-refractivity contribution in [3.63, 3.8) is 0 Å². The van der Waals surface area contributed by atoms with Crippen LogP contribution in [0.3, 0.4) is 0 Å². The van der Waals surface area contributed by atoms with Crippen molar-refractivity contribution in [2.45, 2.75) is 57.5 Å². The Balaban J connectivity index is 1.90. The maximum atomic E-state index is 11.1. The van der Waals surface area contributed by atoms with Gasteiger partial charge in [-0.2, -0.15) is 0 Å². The summed E-state index contributed by atoms with van der Waals surface area (Å²) in [6, 6.07) is 0.249. The third-order valence-electron chi connectivity index (χ3n) is 4.49. The highest BCUT2D eigenvalue weighted by atomic mass is 16.4. The summed E-state index contributed by atoms with van der Waals surface area (Å²) in [5.41, 5.74) is 0. The molecule has 104 valence electrons. The highest BCUT2D eigenvalue weighted by molar-refractivity contribution is 5.72. The summed E-state index contributed by atoms with van der Waals surface area (Å²) in [4.78, 5) is 15.8. The van der Waals surface area contributed by atoms with E-state index in [2.05, 4.69) is 9.80 Å². The molecule has 0 aromatic heterocycles. The van der Waals surface area contributed by atoms with Crippen LogP contribution in [0, 0.1) is 0 Å². The van der Waals surface area contributed by atoms with Crippen molar-refractivity contribution in [2.75, 3.05) is 26.2 Å². The molecule has 0 saturated carbocycles. The summed E-state index contributed by atoms with van der Waals surface area (Å²) in [5.74, 6) is -0.688. The molecule has 2 fully saturated rings. The number of carboxylic acids is 1. The van der Waals surface area contributed by atoms with E-state index in [-0.39, 0.29) is 6.04 Å². The normalized spacial score (nSPS) is 29.7. The van der Waals surface area contributed by atoms with E-state index in [0.717, 1.165) is 19.5 Å². The first-order chi connectivity index (χ1) is 8.68. The SMILES string of the molecule is C[C@H](C(=O)O)N1CCC[C@H](N2CCCCCC2)C1. The molecule has 0 amide bonds. The second-order valence-electron chi connectivity index (χ2n) is 5.76. The van der Waals surface area contributed by atoms with Crippen molar-refractivity contribution in [2.24, 2.45) is 0 Å². The van der Waals surface area contributed by atoms with Gasteiger partial charge in [-0.25, -0.2) is 0 Å². The van der Waals surface area contributed by atoms with Gasteiger partial charge in [-0.05, 0) is 52.2 Å². The Kier molecular flexibility index (Phi) is 5.01. The average Bonchev–Trinajstić information content (AvgIpc) is 2.66. The monoisotopic (exact) mass is 254 g/mol. The lowest BCUT2D eigenvalue weighted by atomic mass is 10.0. The van der Waals surface area contributed by atoms with Gasteiger partial charge in [0, 0.05) is 12.6 Å². The van der Waals surface area contributed by atoms with Crippen molar-refractivity contribution in [3.8, 4) is 0 Å². The lowest BCUT2D eigenvalue weighted by Crippen LogP contribution is -2.52. The lowest BCUT2D eigenvalue weighted by Gasteiger charge is -2.40. The van der Waals surface area contributed by atoms with Crippen molar-refractivity contribution in [1.29, 1.82) is 0 Å². The predicted octanol–water partition coefficient (Wildman–Crippen LogP) is 1.80. The van der Waals surface area contributed by atoms with Crippen molar-refractivity contribution in [1.82, 2.24) is 9.80 Å². The number of rotatable bonds is 3. The summed E-state index contributed by atoms with van der Waals surface area (Å²) in [5, 5.41) is 9.12. The summed E-state index contributed by atoms with van der Waals surface area (Å²) < 4.78 is 0. The maximum absolute atomic E-state index is 11.1. The third kappa shape index (κ3) is 3.45. The van der Waals surface area contributed by atoms with Crippen LogP contribution in [0.5, 0.6) is 0 Å².